The van der Waals surface area contributed by atoms with Crippen molar-refractivity contribution in [1.82, 2.24) is 0 Å². The van der Waals surface area contributed by atoms with Gasteiger partial charge in [-0.1, -0.05) is 149 Å². The van der Waals surface area contributed by atoms with Crippen LogP contribution in [0.1, 0.15) is 162 Å². The minimum absolute atomic E-state index is 0. The van der Waals surface area contributed by atoms with E-state index in [0.29, 0.717) is 12.8 Å². The molecule has 4 nitrogen and oxygen atoms in total. The summed E-state index contributed by atoms with van der Waals surface area (Å²) < 4.78 is 38.0. The Bertz CT molecular complexity index is 457. The van der Waals surface area contributed by atoms with E-state index in [4.69, 9.17) is 4.18 Å². The summed E-state index contributed by atoms with van der Waals surface area (Å²) in [4.78, 5) is 0. The molecule has 0 aliphatic carbocycles. The van der Waals surface area contributed by atoms with Crippen molar-refractivity contribution in [2.24, 2.45) is 0 Å². The van der Waals surface area contributed by atoms with E-state index in [1.54, 1.807) is 0 Å². The fourth-order valence-electron chi connectivity index (χ4n) is 4.30. The van der Waals surface area contributed by atoms with Gasteiger partial charge in [-0.05, 0) is 12.8 Å². The summed E-state index contributed by atoms with van der Waals surface area (Å²) in [6.45, 7) is 4.49. The van der Waals surface area contributed by atoms with Crippen LogP contribution in [0.5, 0.6) is 0 Å². The fourth-order valence-corrected chi connectivity index (χ4v) is 4.83. The van der Waals surface area contributed by atoms with Gasteiger partial charge in [-0.25, -0.2) is 8.42 Å². The smallest absolute Gasteiger partial charge is 0.726 e. The van der Waals surface area contributed by atoms with Crippen LogP contribution in [0.2, 0.25) is 0 Å². The van der Waals surface area contributed by atoms with Crippen LogP contribution in [0.4, 0.5) is 0 Å². The van der Waals surface area contributed by atoms with Gasteiger partial charge in [0.15, 0.2) is 0 Å². The van der Waals surface area contributed by atoms with Crippen molar-refractivity contribution in [2.75, 3.05) is 0 Å². The number of rotatable bonds is 25. The fraction of sp³-hybridized carbons (Fsp3) is 1.00. The average molecular weight is 485 g/mol. The van der Waals surface area contributed by atoms with Gasteiger partial charge < -0.3 is 4.55 Å². The zero-order valence-corrected chi connectivity index (χ0v) is 24.7. The Morgan fingerprint density at radius 1 is 0.531 bits per heavy atom. The van der Waals surface area contributed by atoms with Crippen LogP contribution in [-0.2, 0) is 14.6 Å². The first-order valence-electron chi connectivity index (χ1n) is 13.6. The molecule has 0 radical (unpaired) electrons. The third-order valence-corrected chi connectivity index (χ3v) is 6.77. The molecule has 0 aromatic rings. The molecule has 0 saturated heterocycles. The summed E-state index contributed by atoms with van der Waals surface area (Å²) in [6, 6.07) is 0. The van der Waals surface area contributed by atoms with Gasteiger partial charge in [0, 0.05) is 0 Å². The second-order valence-corrected chi connectivity index (χ2v) is 10.4. The molecule has 0 rings (SSSR count). The molecule has 6 heteroatoms. The molecule has 0 aromatic carbocycles. The van der Waals surface area contributed by atoms with Gasteiger partial charge in [-0.3, -0.25) is 4.18 Å². The zero-order chi connectivity index (χ0) is 23.0. The maximum atomic E-state index is 11.0. The summed E-state index contributed by atoms with van der Waals surface area (Å²) >= 11 is 0. The van der Waals surface area contributed by atoms with Crippen molar-refractivity contribution in [1.29, 1.82) is 0 Å². The van der Waals surface area contributed by atoms with Crippen LogP contribution in [0.3, 0.4) is 0 Å². The molecular formula is C26H53NaO4S. The molecule has 0 amide bonds. The predicted octanol–water partition coefficient (Wildman–Crippen LogP) is 5.85. The Morgan fingerprint density at radius 2 is 0.781 bits per heavy atom. The molecule has 1 unspecified atom stereocenters. The summed E-state index contributed by atoms with van der Waals surface area (Å²) in [6.07, 6.45) is 27.4. The molecule has 32 heavy (non-hydrogen) atoms. The second kappa shape index (κ2) is 26.5. The van der Waals surface area contributed by atoms with Crippen molar-refractivity contribution in [2.45, 2.75) is 168 Å². The van der Waals surface area contributed by atoms with Crippen molar-refractivity contribution < 1.29 is 46.7 Å². The van der Waals surface area contributed by atoms with E-state index in [0.717, 1.165) is 25.7 Å². The first kappa shape index (κ1) is 35.0. The summed E-state index contributed by atoms with van der Waals surface area (Å²) in [7, 11) is -4.60. The van der Waals surface area contributed by atoms with Gasteiger partial charge in [-0.15, -0.1) is 0 Å². The van der Waals surface area contributed by atoms with Gasteiger partial charge in [0.25, 0.3) is 0 Å². The average Bonchev–Trinajstić information content (AvgIpc) is 2.72. The molecule has 0 aromatic heterocycles. The Morgan fingerprint density at radius 3 is 1.03 bits per heavy atom. The summed E-state index contributed by atoms with van der Waals surface area (Å²) in [5.41, 5.74) is 0. The van der Waals surface area contributed by atoms with Crippen molar-refractivity contribution >= 4 is 10.4 Å². The van der Waals surface area contributed by atoms with E-state index in [1.807, 2.05) is 0 Å². The topological polar surface area (TPSA) is 66.4 Å². The molecule has 0 aliphatic rings. The minimum Gasteiger partial charge on any atom is -0.726 e. The molecule has 0 saturated carbocycles. The molecule has 0 heterocycles. The predicted molar refractivity (Wildman–Crippen MR) is 132 cm³/mol. The van der Waals surface area contributed by atoms with Crippen LogP contribution < -0.4 is 29.6 Å². The van der Waals surface area contributed by atoms with Crippen LogP contribution in [0.25, 0.3) is 0 Å². The van der Waals surface area contributed by atoms with Crippen LogP contribution in [-0.4, -0.2) is 19.1 Å². The molecule has 0 aliphatic heterocycles. The monoisotopic (exact) mass is 484 g/mol. The van der Waals surface area contributed by atoms with E-state index < -0.39 is 16.5 Å². The van der Waals surface area contributed by atoms with Gasteiger partial charge in [0.05, 0.1) is 6.10 Å². The maximum Gasteiger partial charge on any atom is 1.00 e. The minimum atomic E-state index is -4.60. The van der Waals surface area contributed by atoms with Gasteiger partial charge in [0.1, 0.15) is 0 Å². The van der Waals surface area contributed by atoms with E-state index in [2.05, 4.69) is 13.8 Å². The van der Waals surface area contributed by atoms with E-state index in [1.165, 1.54) is 109 Å². The molecule has 188 valence electrons. The molecular weight excluding hydrogens is 431 g/mol. The van der Waals surface area contributed by atoms with Crippen molar-refractivity contribution in [3.05, 3.63) is 0 Å². The molecule has 0 fully saturated rings. The summed E-state index contributed by atoms with van der Waals surface area (Å²) in [5, 5.41) is 0. The van der Waals surface area contributed by atoms with E-state index >= 15 is 0 Å². The maximum absolute atomic E-state index is 11.0. The summed E-state index contributed by atoms with van der Waals surface area (Å²) in [5.74, 6) is 0. The van der Waals surface area contributed by atoms with E-state index in [9.17, 15) is 13.0 Å². The first-order chi connectivity index (χ1) is 15.0. The normalized spacial score (nSPS) is 12.6. The molecule has 1 atom stereocenters. The Kier molecular flexibility index (Phi) is 29.0. The zero-order valence-electron chi connectivity index (χ0n) is 21.9. The molecule has 0 spiro atoms. The van der Waals surface area contributed by atoms with Gasteiger partial charge >= 0.3 is 29.6 Å². The quantitative estimate of drug-likeness (QED) is 0.0706. The Balaban J connectivity index is 0. The van der Waals surface area contributed by atoms with Crippen LogP contribution in [0.15, 0.2) is 0 Å². The third-order valence-electron chi connectivity index (χ3n) is 6.26. The number of unbranched alkanes of at least 4 members (excludes halogenated alkanes) is 19. The van der Waals surface area contributed by atoms with Gasteiger partial charge in [0.2, 0.25) is 10.4 Å². The van der Waals surface area contributed by atoms with E-state index in [-0.39, 0.29) is 29.6 Å². The van der Waals surface area contributed by atoms with Crippen molar-refractivity contribution in [3.8, 4) is 0 Å². The van der Waals surface area contributed by atoms with Crippen molar-refractivity contribution in [3.63, 3.8) is 0 Å². The SMILES string of the molecule is CCCCCCCCCCCCCC(CCCCCCCCCCCC)OS(=O)(=O)[O-].[Na+]. The largest absolute Gasteiger partial charge is 1.00 e. The Hall–Kier alpha value is 0.870. The second-order valence-electron chi connectivity index (χ2n) is 9.42. The molecule has 0 bridgehead atoms. The van der Waals surface area contributed by atoms with Gasteiger partial charge in [-0.2, -0.15) is 0 Å². The number of hydrogen-bond acceptors (Lipinski definition) is 4. The standard InChI is InChI=1S/C26H54O4S.Na/c1-3-5-7-9-11-13-15-17-19-21-23-25-26(30-31(27,28)29)24-22-20-18-16-14-12-10-8-6-4-2;/h26H,3-25H2,1-2H3,(H,27,28,29);/q;+1/p-1. The van der Waals surface area contributed by atoms with Crippen LogP contribution >= 0.6 is 0 Å². The number of hydrogen-bond donors (Lipinski definition) is 0. The van der Waals surface area contributed by atoms with Crippen LogP contribution in [0, 0.1) is 0 Å². The first-order valence-corrected chi connectivity index (χ1v) is 15.0. The Labute approximate surface area is 223 Å². The molecule has 0 N–H and O–H groups in total. The third kappa shape index (κ3) is 28.9.